The number of guanidine groups is 1. The molecule has 1 amide bonds. The van der Waals surface area contributed by atoms with Crippen LogP contribution in [0.5, 0.6) is 0 Å². The Morgan fingerprint density at radius 2 is 1.93 bits per heavy atom. The molecule has 6 nitrogen and oxygen atoms in total. The van der Waals surface area contributed by atoms with E-state index in [1.807, 2.05) is 17.9 Å². The molecular weight excluding hydrogens is 486 g/mol. The molecule has 1 aliphatic heterocycles. The largest absolute Gasteiger partial charge is 0.403 e. The minimum Gasteiger partial charge on any atom is -0.366 e. The number of benzene rings is 1. The minimum atomic E-state index is -4.22. The highest BCUT2D eigenvalue weighted by molar-refractivity contribution is 14.0. The lowest BCUT2D eigenvalue weighted by Gasteiger charge is -2.39. The van der Waals surface area contributed by atoms with Crippen LogP contribution in [0.15, 0.2) is 29.3 Å². The van der Waals surface area contributed by atoms with Crippen LogP contribution in [0.2, 0.25) is 0 Å². The highest BCUT2D eigenvalue weighted by Crippen LogP contribution is 2.25. The number of hydrogen-bond donors (Lipinski definition) is 2. The van der Waals surface area contributed by atoms with Crippen molar-refractivity contribution >= 4 is 35.8 Å². The minimum absolute atomic E-state index is 0. The molecule has 28 heavy (non-hydrogen) atoms. The summed E-state index contributed by atoms with van der Waals surface area (Å²) in [6.07, 6.45) is -4.22. The fraction of sp³-hybridized carbons (Fsp3) is 0.556. The monoisotopic (exact) mass is 513 g/mol. The average molecular weight is 513 g/mol. The highest BCUT2D eigenvalue weighted by atomic mass is 127. The van der Waals surface area contributed by atoms with E-state index in [4.69, 9.17) is 5.73 Å². The maximum atomic E-state index is 12.9. The number of halogens is 4. The quantitative estimate of drug-likeness (QED) is 0.361. The molecule has 2 rings (SSSR count). The van der Waals surface area contributed by atoms with E-state index in [1.54, 1.807) is 18.2 Å². The van der Waals surface area contributed by atoms with E-state index in [9.17, 15) is 18.0 Å². The van der Waals surface area contributed by atoms with Crippen LogP contribution in [0.4, 0.5) is 13.2 Å². The molecule has 1 atom stereocenters. The van der Waals surface area contributed by atoms with E-state index >= 15 is 0 Å². The second-order valence-corrected chi connectivity index (χ2v) is 6.48. The fourth-order valence-electron chi connectivity index (χ4n) is 2.94. The molecule has 1 aromatic carbocycles. The molecule has 0 saturated carbocycles. The number of alkyl halides is 3. The molecule has 1 aromatic rings. The van der Waals surface area contributed by atoms with E-state index in [-0.39, 0.29) is 24.0 Å². The van der Waals surface area contributed by atoms with Gasteiger partial charge in [0.15, 0.2) is 5.96 Å². The highest BCUT2D eigenvalue weighted by Gasteiger charge is 2.41. The second kappa shape index (κ2) is 10.8. The number of nitrogens with two attached hydrogens (primary N) is 1. The summed E-state index contributed by atoms with van der Waals surface area (Å²) >= 11 is 0. The summed E-state index contributed by atoms with van der Waals surface area (Å²) in [5, 5.41) is 3.18. The number of carbonyl (C=O) groups excluding carboxylic acids is 1. The standard InChI is InChI=1S/C18H26F3N5O.HI/c1-3-23-17(24-12-14-5-4-6-15(11-14)16(22)27)26-9-7-25(8-10-26)13(2)18(19,20)21;/h4-6,11,13H,3,7-10,12H2,1-2H3,(H2,22,27)(H,23,24);1H. The number of nitrogens with one attached hydrogen (secondary N) is 1. The third kappa shape index (κ3) is 6.80. The molecule has 0 bridgehead atoms. The van der Waals surface area contributed by atoms with Crippen LogP contribution in [0, 0.1) is 0 Å². The van der Waals surface area contributed by atoms with Gasteiger partial charge in [-0.25, -0.2) is 4.99 Å². The van der Waals surface area contributed by atoms with Gasteiger partial charge >= 0.3 is 6.18 Å². The molecule has 1 saturated heterocycles. The number of hydrogen-bond acceptors (Lipinski definition) is 3. The summed E-state index contributed by atoms with van der Waals surface area (Å²) < 4.78 is 38.7. The summed E-state index contributed by atoms with van der Waals surface area (Å²) in [5.41, 5.74) is 6.55. The third-order valence-corrected chi connectivity index (χ3v) is 4.59. The molecule has 0 aliphatic carbocycles. The number of nitrogens with zero attached hydrogens (tertiary/aromatic N) is 3. The van der Waals surface area contributed by atoms with E-state index < -0.39 is 18.1 Å². The van der Waals surface area contributed by atoms with Crippen molar-refractivity contribution in [2.45, 2.75) is 32.6 Å². The van der Waals surface area contributed by atoms with Gasteiger partial charge in [0.1, 0.15) is 6.04 Å². The van der Waals surface area contributed by atoms with Crippen LogP contribution < -0.4 is 11.1 Å². The molecule has 158 valence electrons. The van der Waals surface area contributed by atoms with Crippen molar-refractivity contribution in [1.29, 1.82) is 0 Å². The summed E-state index contributed by atoms with van der Waals surface area (Å²) in [6.45, 7) is 5.71. The summed E-state index contributed by atoms with van der Waals surface area (Å²) in [6, 6.07) is 5.48. The third-order valence-electron chi connectivity index (χ3n) is 4.59. The van der Waals surface area contributed by atoms with E-state index in [0.29, 0.717) is 50.8 Å². The fourth-order valence-corrected chi connectivity index (χ4v) is 2.94. The first-order valence-corrected chi connectivity index (χ1v) is 8.95. The van der Waals surface area contributed by atoms with Crippen LogP contribution >= 0.6 is 24.0 Å². The lowest BCUT2D eigenvalue weighted by molar-refractivity contribution is -0.181. The molecule has 1 aliphatic rings. The molecule has 10 heteroatoms. The van der Waals surface area contributed by atoms with Gasteiger partial charge in [-0.05, 0) is 31.5 Å². The number of piperazine rings is 1. The van der Waals surface area contributed by atoms with Gasteiger partial charge < -0.3 is 16.0 Å². The number of rotatable bonds is 5. The summed E-state index contributed by atoms with van der Waals surface area (Å²) in [4.78, 5) is 19.2. The van der Waals surface area contributed by atoms with E-state index in [2.05, 4.69) is 10.3 Å². The Bertz CT molecular complexity index is 675. The Balaban J connectivity index is 0.00000392. The van der Waals surface area contributed by atoms with Crippen molar-refractivity contribution in [3.63, 3.8) is 0 Å². The van der Waals surface area contributed by atoms with Gasteiger partial charge in [0.05, 0.1) is 6.54 Å². The van der Waals surface area contributed by atoms with Crippen LogP contribution in [0.3, 0.4) is 0 Å². The summed E-state index contributed by atoms with van der Waals surface area (Å²) in [5.74, 6) is 0.156. The number of aliphatic imine (C=N–C) groups is 1. The molecular formula is C18H27F3IN5O. The molecule has 1 heterocycles. The van der Waals surface area contributed by atoms with Gasteiger partial charge in [-0.1, -0.05) is 12.1 Å². The first-order valence-electron chi connectivity index (χ1n) is 8.95. The zero-order valence-electron chi connectivity index (χ0n) is 16.0. The number of amides is 1. The van der Waals surface area contributed by atoms with Crippen LogP contribution in [-0.2, 0) is 6.54 Å². The zero-order valence-corrected chi connectivity index (χ0v) is 18.3. The maximum absolute atomic E-state index is 12.9. The Morgan fingerprint density at radius 3 is 2.46 bits per heavy atom. The van der Waals surface area contributed by atoms with Gasteiger partial charge in [-0.2, -0.15) is 13.2 Å². The van der Waals surface area contributed by atoms with Crippen LogP contribution in [0.1, 0.15) is 29.8 Å². The second-order valence-electron chi connectivity index (χ2n) is 6.48. The Labute approximate surface area is 180 Å². The van der Waals surface area contributed by atoms with Crippen LogP contribution in [-0.4, -0.2) is 66.6 Å². The van der Waals surface area contributed by atoms with Crippen molar-refractivity contribution in [3.05, 3.63) is 35.4 Å². The topological polar surface area (TPSA) is 74.0 Å². The molecule has 0 radical (unpaired) electrons. The summed E-state index contributed by atoms with van der Waals surface area (Å²) in [7, 11) is 0. The van der Waals surface area contributed by atoms with Crippen LogP contribution in [0.25, 0.3) is 0 Å². The van der Waals surface area contributed by atoms with Gasteiger partial charge in [0, 0.05) is 38.3 Å². The lowest BCUT2D eigenvalue weighted by atomic mass is 10.1. The van der Waals surface area contributed by atoms with Gasteiger partial charge in [-0.15, -0.1) is 24.0 Å². The van der Waals surface area contributed by atoms with Gasteiger partial charge in [0.25, 0.3) is 0 Å². The molecule has 1 fully saturated rings. The average Bonchev–Trinajstić information content (AvgIpc) is 2.64. The van der Waals surface area contributed by atoms with Crippen molar-refractivity contribution in [2.75, 3.05) is 32.7 Å². The van der Waals surface area contributed by atoms with E-state index in [1.165, 1.54) is 11.8 Å². The predicted molar refractivity (Wildman–Crippen MR) is 114 cm³/mol. The Hall–Kier alpha value is -1.56. The Morgan fingerprint density at radius 1 is 1.29 bits per heavy atom. The first kappa shape index (κ1) is 24.5. The normalized spacial score (nSPS) is 17.0. The molecule has 0 spiro atoms. The lowest BCUT2D eigenvalue weighted by Crippen LogP contribution is -2.56. The maximum Gasteiger partial charge on any atom is 0.403 e. The van der Waals surface area contributed by atoms with Crippen molar-refractivity contribution in [1.82, 2.24) is 15.1 Å². The molecule has 3 N–H and O–H groups in total. The van der Waals surface area contributed by atoms with E-state index in [0.717, 1.165) is 5.56 Å². The first-order chi connectivity index (χ1) is 12.7. The zero-order chi connectivity index (χ0) is 20.0. The SMILES string of the molecule is CCNC(=NCc1cccc(C(N)=O)c1)N1CCN(C(C)C(F)(F)F)CC1.I. The predicted octanol–water partition coefficient (Wildman–Crippen LogP) is 2.44. The van der Waals surface area contributed by atoms with Crippen molar-refractivity contribution < 1.29 is 18.0 Å². The Kier molecular flexibility index (Phi) is 9.48. The molecule has 0 aromatic heterocycles. The molecule has 1 unspecified atom stereocenters. The van der Waals surface area contributed by atoms with Gasteiger partial charge in [-0.3, -0.25) is 9.69 Å². The van der Waals surface area contributed by atoms with Gasteiger partial charge in [0.2, 0.25) is 5.91 Å². The van der Waals surface area contributed by atoms with Crippen molar-refractivity contribution in [2.24, 2.45) is 10.7 Å². The van der Waals surface area contributed by atoms with Crippen molar-refractivity contribution in [3.8, 4) is 0 Å². The number of carbonyl (C=O) groups is 1. The smallest absolute Gasteiger partial charge is 0.366 e. The number of primary amides is 1.